The van der Waals surface area contributed by atoms with Gasteiger partial charge in [0.15, 0.2) is 0 Å². The highest BCUT2D eigenvalue weighted by Gasteiger charge is 2.22. The van der Waals surface area contributed by atoms with E-state index >= 15 is 0 Å². The van der Waals surface area contributed by atoms with Gasteiger partial charge in [0, 0.05) is 38.8 Å². The van der Waals surface area contributed by atoms with Crippen LogP contribution in [0.1, 0.15) is 23.8 Å². The molecule has 1 fully saturated rings. The second kappa shape index (κ2) is 6.83. The van der Waals surface area contributed by atoms with E-state index in [9.17, 15) is 9.59 Å². The lowest BCUT2D eigenvalue weighted by Crippen LogP contribution is -2.48. The number of anilines is 1. The van der Waals surface area contributed by atoms with Crippen molar-refractivity contribution in [1.82, 2.24) is 19.8 Å². The molecule has 7 nitrogen and oxygen atoms in total. The molecule has 0 aromatic carbocycles. The molecule has 1 aliphatic heterocycles. The molecule has 1 aromatic rings. The maximum atomic E-state index is 12.3. The van der Waals surface area contributed by atoms with Crippen LogP contribution in [0.5, 0.6) is 0 Å². The Labute approximate surface area is 118 Å². The average molecular weight is 277 g/mol. The van der Waals surface area contributed by atoms with Gasteiger partial charge in [-0.15, -0.1) is 0 Å². The third-order valence-electron chi connectivity index (χ3n) is 3.19. The Bertz CT molecular complexity index is 472. The maximum absolute atomic E-state index is 12.3. The van der Waals surface area contributed by atoms with Crippen LogP contribution in [-0.4, -0.2) is 64.8 Å². The molecule has 2 heterocycles. The van der Waals surface area contributed by atoms with Gasteiger partial charge in [-0.3, -0.25) is 9.59 Å². The van der Waals surface area contributed by atoms with Gasteiger partial charge in [-0.1, -0.05) is 6.92 Å². The average Bonchev–Trinajstić information content (AvgIpc) is 2.52. The van der Waals surface area contributed by atoms with Gasteiger partial charge in [-0.05, 0) is 6.42 Å². The van der Waals surface area contributed by atoms with Crippen LogP contribution >= 0.6 is 0 Å². The standard InChI is InChI=1S/C13H19N5O2/c1-2-3-14-12-8-11(15-9-16-12)13(20)18-6-4-17(10-19)5-7-18/h8-10H,2-7H2,1H3,(H,14,15,16). The predicted molar refractivity (Wildman–Crippen MR) is 74.4 cm³/mol. The molecule has 0 spiro atoms. The van der Waals surface area contributed by atoms with Gasteiger partial charge in [0.2, 0.25) is 6.41 Å². The Hall–Kier alpha value is -2.18. The van der Waals surface area contributed by atoms with E-state index in [4.69, 9.17) is 0 Å². The Balaban J connectivity index is 2.00. The molecule has 7 heteroatoms. The van der Waals surface area contributed by atoms with Gasteiger partial charge in [-0.2, -0.15) is 0 Å². The van der Waals surface area contributed by atoms with Gasteiger partial charge >= 0.3 is 0 Å². The van der Waals surface area contributed by atoms with Crippen molar-refractivity contribution < 1.29 is 9.59 Å². The van der Waals surface area contributed by atoms with E-state index in [-0.39, 0.29) is 5.91 Å². The number of carbonyl (C=O) groups is 2. The van der Waals surface area contributed by atoms with E-state index in [1.165, 1.54) is 6.33 Å². The summed E-state index contributed by atoms with van der Waals surface area (Å²) in [5.41, 5.74) is 0.387. The first kappa shape index (κ1) is 14.2. The number of nitrogens with one attached hydrogen (secondary N) is 1. The molecule has 0 radical (unpaired) electrons. The quantitative estimate of drug-likeness (QED) is 0.779. The zero-order chi connectivity index (χ0) is 14.4. The summed E-state index contributed by atoms with van der Waals surface area (Å²) in [6.07, 6.45) is 3.20. The number of amides is 2. The van der Waals surface area contributed by atoms with E-state index in [0.717, 1.165) is 19.4 Å². The van der Waals surface area contributed by atoms with Crippen molar-refractivity contribution in [3.63, 3.8) is 0 Å². The van der Waals surface area contributed by atoms with Crippen molar-refractivity contribution in [2.45, 2.75) is 13.3 Å². The summed E-state index contributed by atoms with van der Waals surface area (Å²) in [5, 5.41) is 3.13. The molecule has 1 saturated heterocycles. The van der Waals surface area contributed by atoms with Crippen LogP contribution in [0.15, 0.2) is 12.4 Å². The summed E-state index contributed by atoms with van der Waals surface area (Å²) in [6.45, 7) is 5.09. The minimum atomic E-state index is -0.113. The Morgan fingerprint density at radius 2 is 2.10 bits per heavy atom. The fraction of sp³-hybridized carbons (Fsp3) is 0.538. The summed E-state index contributed by atoms with van der Waals surface area (Å²) >= 11 is 0. The molecule has 1 aliphatic rings. The van der Waals surface area contributed by atoms with Crippen LogP contribution in [0.4, 0.5) is 5.82 Å². The molecule has 1 aromatic heterocycles. The van der Waals surface area contributed by atoms with Gasteiger partial charge in [0.05, 0.1) is 0 Å². The molecule has 0 atom stereocenters. The molecule has 0 saturated carbocycles. The van der Waals surface area contributed by atoms with E-state index in [1.807, 2.05) is 0 Å². The smallest absolute Gasteiger partial charge is 0.272 e. The first-order valence-electron chi connectivity index (χ1n) is 6.79. The van der Waals surface area contributed by atoms with Crippen LogP contribution in [0.3, 0.4) is 0 Å². The van der Waals surface area contributed by atoms with Crippen molar-refractivity contribution in [2.75, 3.05) is 38.0 Å². The Morgan fingerprint density at radius 3 is 2.75 bits per heavy atom. The van der Waals surface area contributed by atoms with Gasteiger partial charge in [-0.25, -0.2) is 9.97 Å². The number of nitrogens with zero attached hydrogens (tertiary/aromatic N) is 4. The Morgan fingerprint density at radius 1 is 1.35 bits per heavy atom. The monoisotopic (exact) mass is 277 g/mol. The molecule has 2 rings (SSSR count). The van der Waals surface area contributed by atoms with Gasteiger partial charge in [0.1, 0.15) is 17.8 Å². The predicted octanol–water partition coefficient (Wildman–Crippen LogP) is 0.213. The summed E-state index contributed by atoms with van der Waals surface area (Å²) in [4.78, 5) is 34.5. The van der Waals surface area contributed by atoms with Crippen LogP contribution in [0.25, 0.3) is 0 Å². The number of rotatable bonds is 5. The summed E-state index contributed by atoms with van der Waals surface area (Å²) in [6, 6.07) is 1.67. The molecular weight excluding hydrogens is 258 g/mol. The fourth-order valence-corrected chi connectivity index (χ4v) is 2.02. The van der Waals surface area contributed by atoms with Gasteiger partial charge in [0.25, 0.3) is 5.91 Å². The SMILES string of the molecule is CCCNc1cc(C(=O)N2CCN(C=O)CC2)ncn1. The molecule has 2 amide bonds. The van der Waals surface area contributed by atoms with Crippen LogP contribution < -0.4 is 5.32 Å². The zero-order valence-corrected chi connectivity index (χ0v) is 11.6. The molecule has 108 valence electrons. The molecule has 20 heavy (non-hydrogen) atoms. The lowest BCUT2D eigenvalue weighted by atomic mass is 10.2. The number of hydrogen-bond donors (Lipinski definition) is 1. The van der Waals surface area contributed by atoms with Gasteiger partial charge < -0.3 is 15.1 Å². The third kappa shape index (κ3) is 3.43. The van der Waals surface area contributed by atoms with E-state index < -0.39 is 0 Å². The number of hydrogen-bond acceptors (Lipinski definition) is 5. The Kier molecular flexibility index (Phi) is 4.86. The van der Waals surface area contributed by atoms with Crippen LogP contribution in [-0.2, 0) is 4.79 Å². The van der Waals surface area contributed by atoms with Crippen molar-refractivity contribution in [1.29, 1.82) is 0 Å². The first-order chi connectivity index (χ1) is 9.74. The van der Waals surface area contributed by atoms with Crippen molar-refractivity contribution >= 4 is 18.1 Å². The van der Waals surface area contributed by atoms with Crippen molar-refractivity contribution in [2.24, 2.45) is 0 Å². The maximum Gasteiger partial charge on any atom is 0.272 e. The first-order valence-corrected chi connectivity index (χ1v) is 6.79. The van der Waals surface area contributed by atoms with Crippen LogP contribution in [0, 0.1) is 0 Å². The lowest BCUT2D eigenvalue weighted by Gasteiger charge is -2.32. The van der Waals surface area contributed by atoms with E-state index in [0.29, 0.717) is 37.7 Å². The number of carbonyl (C=O) groups excluding carboxylic acids is 2. The van der Waals surface area contributed by atoms with Crippen LogP contribution in [0.2, 0.25) is 0 Å². The number of aromatic nitrogens is 2. The number of piperazine rings is 1. The topological polar surface area (TPSA) is 78.4 Å². The molecule has 0 bridgehead atoms. The minimum absolute atomic E-state index is 0.113. The fourth-order valence-electron chi connectivity index (χ4n) is 2.02. The second-order valence-electron chi connectivity index (χ2n) is 4.65. The zero-order valence-electron chi connectivity index (χ0n) is 11.6. The highest BCUT2D eigenvalue weighted by molar-refractivity contribution is 5.93. The van der Waals surface area contributed by atoms with E-state index in [1.54, 1.807) is 15.9 Å². The van der Waals surface area contributed by atoms with E-state index in [2.05, 4.69) is 22.2 Å². The summed E-state index contributed by atoms with van der Waals surface area (Å²) < 4.78 is 0. The summed E-state index contributed by atoms with van der Waals surface area (Å²) in [5.74, 6) is 0.550. The third-order valence-corrected chi connectivity index (χ3v) is 3.19. The second-order valence-corrected chi connectivity index (χ2v) is 4.65. The largest absolute Gasteiger partial charge is 0.370 e. The normalized spacial score (nSPS) is 15.1. The highest BCUT2D eigenvalue weighted by Crippen LogP contribution is 2.09. The van der Waals surface area contributed by atoms with Crippen molar-refractivity contribution in [3.05, 3.63) is 18.1 Å². The molecule has 0 unspecified atom stereocenters. The minimum Gasteiger partial charge on any atom is -0.370 e. The molecule has 0 aliphatic carbocycles. The lowest BCUT2D eigenvalue weighted by molar-refractivity contribution is -0.119. The molecule has 1 N–H and O–H groups in total. The summed E-state index contributed by atoms with van der Waals surface area (Å²) in [7, 11) is 0. The highest BCUT2D eigenvalue weighted by atomic mass is 16.2. The van der Waals surface area contributed by atoms with Crippen molar-refractivity contribution in [3.8, 4) is 0 Å². The molecular formula is C13H19N5O2.